The van der Waals surface area contributed by atoms with Gasteiger partial charge in [-0.1, -0.05) is 42.5 Å². The summed E-state index contributed by atoms with van der Waals surface area (Å²) in [5.41, 5.74) is 4.73. The smallest absolute Gasteiger partial charge is 0.231 e. The van der Waals surface area contributed by atoms with Gasteiger partial charge in [0.15, 0.2) is 5.76 Å². The van der Waals surface area contributed by atoms with Gasteiger partial charge >= 0.3 is 0 Å². The molecule has 4 nitrogen and oxygen atoms in total. The zero-order chi connectivity index (χ0) is 21.4. The second-order valence-corrected chi connectivity index (χ2v) is 7.76. The summed E-state index contributed by atoms with van der Waals surface area (Å²) in [6, 6.07) is 21.3. The van der Waals surface area contributed by atoms with Crippen molar-refractivity contribution in [1.82, 2.24) is 0 Å². The number of carbonyl (C=O) groups is 1. The highest BCUT2D eigenvalue weighted by Crippen LogP contribution is 2.36. The van der Waals surface area contributed by atoms with Crippen molar-refractivity contribution in [2.24, 2.45) is 0 Å². The zero-order valence-corrected chi connectivity index (χ0v) is 17.4. The minimum atomic E-state index is -0.171. The number of hydrogen-bond donors (Lipinski definition) is 0. The first-order valence-corrected chi connectivity index (χ1v) is 10.3. The number of carbonyl (C=O) groups excluding carboxylic acids is 1. The Balaban J connectivity index is 1.36. The molecule has 1 unspecified atom stereocenters. The van der Waals surface area contributed by atoms with E-state index in [0.717, 1.165) is 22.4 Å². The van der Waals surface area contributed by atoms with Gasteiger partial charge in [0.05, 0.1) is 5.56 Å². The normalized spacial score (nSPS) is 18.0. The number of benzene rings is 3. The Morgan fingerprint density at radius 2 is 1.81 bits per heavy atom. The van der Waals surface area contributed by atoms with Crippen LogP contribution in [0, 0.1) is 6.92 Å². The van der Waals surface area contributed by atoms with E-state index in [9.17, 15) is 4.79 Å². The number of hydrogen-bond acceptors (Lipinski definition) is 4. The van der Waals surface area contributed by atoms with Crippen LogP contribution in [-0.4, -0.2) is 11.9 Å². The largest absolute Gasteiger partial charge is 0.489 e. The molecule has 3 aromatic rings. The molecule has 2 aliphatic rings. The van der Waals surface area contributed by atoms with E-state index in [1.165, 1.54) is 5.56 Å². The molecule has 4 heteroatoms. The van der Waals surface area contributed by atoms with Gasteiger partial charge in [0.2, 0.25) is 5.78 Å². The van der Waals surface area contributed by atoms with E-state index >= 15 is 0 Å². The van der Waals surface area contributed by atoms with E-state index in [1.807, 2.05) is 61.5 Å². The number of aryl methyl sites for hydroxylation is 1. The fraction of sp³-hybridized carbons (Fsp3) is 0.148. The van der Waals surface area contributed by atoms with Crippen LogP contribution in [-0.2, 0) is 6.61 Å². The highest BCUT2D eigenvalue weighted by atomic mass is 16.5. The number of fused-ring (bicyclic) bond motifs is 2. The summed E-state index contributed by atoms with van der Waals surface area (Å²) < 4.78 is 17.8. The molecule has 0 aliphatic carbocycles. The monoisotopic (exact) mass is 410 g/mol. The van der Waals surface area contributed by atoms with Crippen LogP contribution in [0.25, 0.3) is 6.08 Å². The van der Waals surface area contributed by atoms with Gasteiger partial charge in [-0.3, -0.25) is 4.79 Å². The molecule has 0 amide bonds. The first-order chi connectivity index (χ1) is 15.1. The van der Waals surface area contributed by atoms with Gasteiger partial charge in [0, 0.05) is 11.6 Å². The van der Waals surface area contributed by atoms with Crippen LogP contribution in [0.5, 0.6) is 17.2 Å². The van der Waals surface area contributed by atoms with Crippen LogP contribution in [0.15, 0.2) is 84.1 Å². The second-order valence-electron chi connectivity index (χ2n) is 7.76. The van der Waals surface area contributed by atoms with Crippen LogP contribution in [0.2, 0.25) is 0 Å². The van der Waals surface area contributed by atoms with Gasteiger partial charge in [-0.2, -0.15) is 0 Å². The molecule has 154 valence electrons. The standard InChI is InChI=1S/C27H22O4/c1-17-7-3-4-9-20(17)16-29-22-11-12-23-25(15-22)31-26(27(23)28)14-21-13-19-8-5-6-10-24(19)30-18(21)2/h3-15,18H,16H2,1-2H3. The van der Waals surface area contributed by atoms with Crippen molar-refractivity contribution >= 4 is 11.9 Å². The van der Waals surface area contributed by atoms with Crippen molar-refractivity contribution in [2.45, 2.75) is 26.6 Å². The maximum atomic E-state index is 12.9. The van der Waals surface area contributed by atoms with Crippen LogP contribution in [0.4, 0.5) is 0 Å². The van der Waals surface area contributed by atoms with Crippen molar-refractivity contribution in [1.29, 1.82) is 0 Å². The highest BCUT2D eigenvalue weighted by Gasteiger charge is 2.29. The summed E-state index contributed by atoms with van der Waals surface area (Å²) in [6.07, 6.45) is 3.64. The number of allylic oxidation sites excluding steroid dienone is 1. The highest BCUT2D eigenvalue weighted by molar-refractivity contribution is 6.12. The molecular weight excluding hydrogens is 388 g/mol. The maximum absolute atomic E-state index is 12.9. The van der Waals surface area contributed by atoms with Crippen molar-refractivity contribution in [3.63, 3.8) is 0 Å². The van der Waals surface area contributed by atoms with Crippen LogP contribution in [0.1, 0.15) is 34.0 Å². The molecule has 0 bridgehead atoms. The van der Waals surface area contributed by atoms with Crippen molar-refractivity contribution < 1.29 is 19.0 Å². The molecule has 0 spiro atoms. The molecule has 5 rings (SSSR count). The summed E-state index contributed by atoms with van der Waals surface area (Å²) >= 11 is 0. The predicted molar refractivity (Wildman–Crippen MR) is 120 cm³/mol. The van der Waals surface area contributed by atoms with E-state index in [0.29, 0.717) is 29.4 Å². The fourth-order valence-electron chi connectivity index (χ4n) is 3.76. The lowest BCUT2D eigenvalue weighted by Crippen LogP contribution is -2.18. The Kier molecular flexibility index (Phi) is 4.83. The molecule has 3 aromatic carbocycles. The molecule has 0 saturated heterocycles. The number of para-hydroxylation sites is 1. The summed E-state index contributed by atoms with van der Waals surface area (Å²) in [4.78, 5) is 12.9. The maximum Gasteiger partial charge on any atom is 0.231 e. The lowest BCUT2D eigenvalue weighted by atomic mass is 10.0. The van der Waals surface area contributed by atoms with Gasteiger partial charge < -0.3 is 14.2 Å². The summed E-state index contributed by atoms with van der Waals surface area (Å²) in [6.45, 7) is 4.48. The first-order valence-electron chi connectivity index (χ1n) is 10.3. The van der Waals surface area contributed by atoms with Crippen molar-refractivity contribution in [2.75, 3.05) is 0 Å². The first kappa shape index (κ1) is 19.2. The molecule has 0 N–H and O–H groups in total. The summed E-state index contributed by atoms with van der Waals surface area (Å²) in [5.74, 6) is 2.19. The summed E-state index contributed by atoms with van der Waals surface area (Å²) in [7, 11) is 0. The minimum absolute atomic E-state index is 0.132. The van der Waals surface area contributed by atoms with Gasteiger partial charge in [0.1, 0.15) is 30.0 Å². The average Bonchev–Trinajstić information content (AvgIpc) is 3.08. The SMILES string of the molecule is Cc1ccccc1COc1ccc2c(c1)OC(=CC1=Cc3ccccc3OC1C)C2=O. The fourth-order valence-corrected chi connectivity index (χ4v) is 3.76. The quantitative estimate of drug-likeness (QED) is 0.503. The van der Waals surface area contributed by atoms with Crippen molar-refractivity contribution in [3.05, 3.63) is 106 Å². The Labute approximate surface area is 181 Å². The Hall–Kier alpha value is -3.79. The average molecular weight is 410 g/mol. The Morgan fingerprint density at radius 3 is 2.68 bits per heavy atom. The molecular formula is C27H22O4. The van der Waals surface area contributed by atoms with Crippen LogP contribution in [0.3, 0.4) is 0 Å². The molecule has 31 heavy (non-hydrogen) atoms. The summed E-state index contributed by atoms with van der Waals surface area (Å²) in [5, 5.41) is 0. The Bertz CT molecular complexity index is 1240. The minimum Gasteiger partial charge on any atom is -0.489 e. The van der Waals surface area contributed by atoms with Gasteiger partial charge in [-0.15, -0.1) is 0 Å². The number of ether oxygens (including phenoxy) is 3. The molecule has 0 aromatic heterocycles. The third-order valence-electron chi connectivity index (χ3n) is 5.61. The van der Waals surface area contributed by atoms with E-state index in [4.69, 9.17) is 14.2 Å². The number of Topliss-reactive ketones (excluding diaryl/α,β-unsaturated/α-hetero) is 1. The molecule has 0 radical (unpaired) electrons. The number of ketones is 1. The topological polar surface area (TPSA) is 44.8 Å². The molecule has 2 aliphatic heterocycles. The third-order valence-corrected chi connectivity index (χ3v) is 5.61. The van der Waals surface area contributed by atoms with Crippen molar-refractivity contribution in [3.8, 4) is 17.2 Å². The zero-order valence-electron chi connectivity index (χ0n) is 17.4. The molecule has 1 atom stereocenters. The predicted octanol–water partition coefficient (Wildman–Crippen LogP) is 5.90. The Morgan fingerprint density at radius 1 is 1.00 bits per heavy atom. The molecule has 0 fully saturated rings. The van der Waals surface area contributed by atoms with Crippen LogP contribution >= 0.6 is 0 Å². The van der Waals surface area contributed by atoms with Gasteiger partial charge in [-0.25, -0.2) is 0 Å². The van der Waals surface area contributed by atoms with E-state index in [2.05, 4.69) is 13.0 Å². The lowest BCUT2D eigenvalue weighted by molar-refractivity contribution is 0.101. The number of rotatable bonds is 4. The van der Waals surface area contributed by atoms with Gasteiger partial charge in [0.25, 0.3) is 0 Å². The molecule has 2 heterocycles. The van der Waals surface area contributed by atoms with E-state index < -0.39 is 0 Å². The van der Waals surface area contributed by atoms with Gasteiger partial charge in [-0.05, 0) is 60.9 Å². The second kappa shape index (κ2) is 7.80. The molecule has 0 saturated carbocycles. The lowest BCUT2D eigenvalue weighted by Gasteiger charge is -2.22. The van der Waals surface area contributed by atoms with E-state index in [1.54, 1.807) is 18.2 Å². The third kappa shape index (κ3) is 3.73. The van der Waals surface area contributed by atoms with E-state index in [-0.39, 0.29) is 11.9 Å². The van der Waals surface area contributed by atoms with Crippen LogP contribution < -0.4 is 14.2 Å².